The predicted molar refractivity (Wildman–Crippen MR) is 74.7 cm³/mol. The average Bonchev–Trinajstić information content (AvgIpc) is 2.74. The van der Waals surface area contributed by atoms with Gasteiger partial charge in [-0.15, -0.1) is 11.3 Å². The van der Waals surface area contributed by atoms with Gasteiger partial charge < -0.3 is 10.1 Å². The lowest BCUT2D eigenvalue weighted by Crippen LogP contribution is -2.26. The number of hydrogen-bond acceptors (Lipinski definition) is 3. The second-order valence-electron chi connectivity index (χ2n) is 5.18. The Kier molecular flexibility index (Phi) is 4.27. The van der Waals surface area contributed by atoms with Crippen molar-refractivity contribution >= 4 is 17.2 Å². The largest absolute Gasteiger partial charge is 0.495 e. The molecule has 0 saturated heterocycles. The van der Waals surface area contributed by atoms with Crippen LogP contribution in [0.5, 0.6) is 5.75 Å². The van der Waals surface area contributed by atoms with Gasteiger partial charge in [0.05, 0.1) is 7.11 Å². The minimum atomic E-state index is 0.0138. The predicted octanol–water partition coefficient (Wildman–Crippen LogP) is 3.02. The summed E-state index contributed by atoms with van der Waals surface area (Å²) in [4.78, 5) is 14.3. The maximum absolute atomic E-state index is 12.2. The summed E-state index contributed by atoms with van der Waals surface area (Å²) in [7, 11) is 1.66. The first-order valence-corrected chi connectivity index (χ1v) is 7.41. The second-order valence-corrected chi connectivity index (χ2v) is 6.28. The molecule has 1 aromatic rings. The molecule has 1 heterocycles. The lowest BCUT2D eigenvalue weighted by molar-refractivity contribution is 0.0950. The first-order valence-electron chi connectivity index (χ1n) is 6.60. The zero-order chi connectivity index (χ0) is 13.1. The molecule has 0 radical (unpaired) electrons. The van der Waals surface area contributed by atoms with E-state index in [-0.39, 0.29) is 5.91 Å². The van der Waals surface area contributed by atoms with E-state index in [0.29, 0.717) is 12.5 Å². The molecule has 0 spiro atoms. The Balaban J connectivity index is 2.21. The number of carbonyl (C=O) groups excluding carboxylic acids is 1. The number of ether oxygens (including phenoxy) is 1. The van der Waals surface area contributed by atoms with Crippen LogP contribution >= 0.6 is 11.3 Å². The number of aryl methyl sites for hydroxylation is 1. The number of thiophene rings is 1. The Morgan fingerprint density at radius 3 is 2.78 bits per heavy atom. The molecule has 1 amide bonds. The Bertz CT molecular complexity index is 437. The Labute approximate surface area is 113 Å². The number of carbonyl (C=O) groups is 1. The number of nitrogens with one attached hydrogen (secondary N) is 1. The van der Waals surface area contributed by atoms with Gasteiger partial charge in [0.15, 0.2) is 0 Å². The van der Waals surface area contributed by atoms with Gasteiger partial charge in [-0.3, -0.25) is 4.79 Å². The maximum atomic E-state index is 12.2. The summed E-state index contributed by atoms with van der Waals surface area (Å²) in [5.41, 5.74) is 1.27. The Morgan fingerprint density at radius 1 is 1.39 bits per heavy atom. The van der Waals surface area contributed by atoms with Gasteiger partial charge in [-0.05, 0) is 31.6 Å². The summed E-state index contributed by atoms with van der Waals surface area (Å²) in [5.74, 6) is 1.30. The molecule has 2 rings (SSSR count). The van der Waals surface area contributed by atoms with Crippen LogP contribution in [0.15, 0.2) is 0 Å². The SMILES string of the molecule is COc1c(C(=O)NCC(C)C)sc2c1CCCC2. The highest BCUT2D eigenvalue weighted by atomic mass is 32.1. The Hall–Kier alpha value is -1.03. The second kappa shape index (κ2) is 5.74. The smallest absolute Gasteiger partial charge is 0.265 e. The lowest BCUT2D eigenvalue weighted by Gasteiger charge is -2.12. The van der Waals surface area contributed by atoms with Crippen molar-refractivity contribution in [3.05, 3.63) is 15.3 Å². The third-order valence-electron chi connectivity index (χ3n) is 3.20. The molecule has 18 heavy (non-hydrogen) atoms. The van der Waals surface area contributed by atoms with E-state index in [1.54, 1.807) is 18.4 Å². The van der Waals surface area contributed by atoms with Crippen LogP contribution in [-0.4, -0.2) is 19.6 Å². The van der Waals surface area contributed by atoms with Crippen LogP contribution in [0.3, 0.4) is 0 Å². The van der Waals surface area contributed by atoms with Gasteiger partial charge >= 0.3 is 0 Å². The maximum Gasteiger partial charge on any atom is 0.265 e. The van der Waals surface area contributed by atoms with Gasteiger partial charge in [0.1, 0.15) is 10.6 Å². The average molecular weight is 267 g/mol. The molecule has 1 aliphatic carbocycles. The minimum Gasteiger partial charge on any atom is -0.495 e. The fourth-order valence-electron chi connectivity index (χ4n) is 2.28. The van der Waals surface area contributed by atoms with Crippen molar-refractivity contribution in [1.29, 1.82) is 0 Å². The van der Waals surface area contributed by atoms with E-state index in [0.717, 1.165) is 23.5 Å². The molecule has 100 valence electrons. The zero-order valence-electron chi connectivity index (χ0n) is 11.3. The van der Waals surface area contributed by atoms with Crippen LogP contribution < -0.4 is 10.1 Å². The number of methoxy groups -OCH3 is 1. The summed E-state index contributed by atoms with van der Waals surface area (Å²) in [5, 5.41) is 2.97. The molecular weight excluding hydrogens is 246 g/mol. The van der Waals surface area contributed by atoms with Crippen LogP contribution in [0.1, 0.15) is 46.8 Å². The zero-order valence-corrected chi connectivity index (χ0v) is 12.2. The first-order chi connectivity index (χ1) is 8.63. The monoisotopic (exact) mass is 267 g/mol. The molecule has 0 bridgehead atoms. The highest BCUT2D eigenvalue weighted by molar-refractivity contribution is 7.14. The summed E-state index contributed by atoms with van der Waals surface area (Å²) < 4.78 is 5.46. The molecule has 0 aliphatic heterocycles. The number of hydrogen-bond donors (Lipinski definition) is 1. The van der Waals surface area contributed by atoms with Crippen molar-refractivity contribution in [1.82, 2.24) is 5.32 Å². The quantitative estimate of drug-likeness (QED) is 0.910. The van der Waals surface area contributed by atoms with Gasteiger partial charge in [0.2, 0.25) is 0 Å². The molecule has 1 aromatic heterocycles. The van der Waals surface area contributed by atoms with E-state index in [4.69, 9.17) is 4.74 Å². The van der Waals surface area contributed by atoms with Crippen molar-refractivity contribution in [3.63, 3.8) is 0 Å². The fraction of sp³-hybridized carbons (Fsp3) is 0.643. The van der Waals surface area contributed by atoms with E-state index >= 15 is 0 Å². The fourth-order valence-corrected chi connectivity index (χ4v) is 3.55. The van der Waals surface area contributed by atoms with Crippen LogP contribution in [0, 0.1) is 5.92 Å². The van der Waals surface area contributed by atoms with Crippen molar-refractivity contribution in [2.75, 3.05) is 13.7 Å². The molecule has 4 heteroatoms. The van der Waals surface area contributed by atoms with Crippen LogP contribution in [0.2, 0.25) is 0 Å². The Morgan fingerprint density at radius 2 is 2.11 bits per heavy atom. The molecule has 3 nitrogen and oxygen atoms in total. The summed E-state index contributed by atoms with van der Waals surface area (Å²) in [6.07, 6.45) is 4.57. The van der Waals surface area contributed by atoms with E-state index in [2.05, 4.69) is 19.2 Å². The van der Waals surface area contributed by atoms with Crippen molar-refractivity contribution in [2.24, 2.45) is 5.92 Å². The molecule has 0 fully saturated rings. The lowest BCUT2D eigenvalue weighted by atomic mass is 9.98. The van der Waals surface area contributed by atoms with Crippen LogP contribution in [0.25, 0.3) is 0 Å². The van der Waals surface area contributed by atoms with E-state index in [9.17, 15) is 4.79 Å². The third-order valence-corrected chi connectivity index (χ3v) is 4.48. The molecule has 0 atom stereocenters. The van der Waals surface area contributed by atoms with Crippen LogP contribution in [0.4, 0.5) is 0 Å². The number of amides is 1. The first kappa shape index (κ1) is 13.4. The van der Waals surface area contributed by atoms with Crippen LogP contribution in [-0.2, 0) is 12.8 Å². The molecule has 1 N–H and O–H groups in total. The summed E-state index contributed by atoms with van der Waals surface area (Å²) >= 11 is 1.61. The molecule has 0 saturated carbocycles. The highest BCUT2D eigenvalue weighted by Gasteiger charge is 2.25. The van der Waals surface area contributed by atoms with Crippen molar-refractivity contribution in [2.45, 2.75) is 39.5 Å². The summed E-state index contributed by atoms with van der Waals surface area (Å²) in [6.45, 7) is 4.90. The van der Waals surface area contributed by atoms with Gasteiger partial charge in [0.25, 0.3) is 5.91 Å². The minimum absolute atomic E-state index is 0.0138. The van der Waals surface area contributed by atoms with E-state index in [1.165, 1.54) is 23.3 Å². The van der Waals surface area contributed by atoms with Gasteiger partial charge in [-0.1, -0.05) is 13.8 Å². The number of fused-ring (bicyclic) bond motifs is 1. The van der Waals surface area contributed by atoms with Crippen molar-refractivity contribution < 1.29 is 9.53 Å². The van der Waals surface area contributed by atoms with Crippen molar-refractivity contribution in [3.8, 4) is 5.75 Å². The summed E-state index contributed by atoms with van der Waals surface area (Å²) in [6, 6.07) is 0. The molecule has 0 aromatic carbocycles. The van der Waals surface area contributed by atoms with Gasteiger partial charge in [0, 0.05) is 17.0 Å². The standard InChI is InChI=1S/C14H21NO2S/c1-9(2)8-15-14(16)13-12(17-3)10-6-4-5-7-11(10)18-13/h9H,4-8H2,1-3H3,(H,15,16). The molecule has 1 aliphatic rings. The number of rotatable bonds is 4. The topological polar surface area (TPSA) is 38.3 Å². The van der Waals surface area contributed by atoms with E-state index in [1.807, 2.05) is 0 Å². The van der Waals surface area contributed by atoms with E-state index < -0.39 is 0 Å². The van der Waals surface area contributed by atoms with Gasteiger partial charge in [-0.2, -0.15) is 0 Å². The molecular formula is C14H21NO2S. The molecule has 0 unspecified atom stereocenters. The third kappa shape index (κ3) is 2.69. The normalized spacial score (nSPS) is 14.4. The highest BCUT2D eigenvalue weighted by Crippen LogP contribution is 2.39. The van der Waals surface area contributed by atoms with Gasteiger partial charge in [-0.25, -0.2) is 0 Å².